The summed E-state index contributed by atoms with van der Waals surface area (Å²) in [6, 6.07) is 15.7. The maximum Gasteiger partial charge on any atom is 0.328 e. The molecule has 158 valence electrons. The van der Waals surface area contributed by atoms with E-state index in [4.69, 9.17) is 10.2 Å². The highest BCUT2D eigenvalue weighted by molar-refractivity contribution is 5.89. The molecule has 2 aliphatic rings. The van der Waals surface area contributed by atoms with E-state index in [1.54, 1.807) is 12.1 Å². The molecule has 30 heavy (non-hydrogen) atoms. The Bertz CT molecular complexity index is 936. The summed E-state index contributed by atoms with van der Waals surface area (Å²) in [6.45, 7) is 3.11. The molecule has 1 spiro atoms. The van der Waals surface area contributed by atoms with Gasteiger partial charge in [-0.3, -0.25) is 0 Å². The molecule has 0 aliphatic carbocycles. The summed E-state index contributed by atoms with van der Waals surface area (Å²) in [4.78, 5) is 23.7. The molecule has 0 amide bonds. The van der Waals surface area contributed by atoms with Crippen molar-refractivity contribution in [2.24, 2.45) is 0 Å². The second-order valence-electron chi connectivity index (χ2n) is 7.65. The van der Waals surface area contributed by atoms with Crippen LogP contribution in [-0.4, -0.2) is 53.7 Å². The lowest BCUT2D eigenvalue weighted by Crippen LogP contribution is -2.43. The largest absolute Gasteiger partial charge is 0.478 e. The minimum absolute atomic E-state index is 0.137. The number of carboxylic acid groups (broad SMARTS) is 2. The van der Waals surface area contributed by atoms with Crippen LogP contribution >= 0.6 is 0 Å². The zero-order valence-electron chi connectivity index (χ0n) is 16.8. The zero-order valence-corrected chi connectivity index (χ0v) is 16.8. The fourth-order valence-corrected chi connectivity index (χ4v) is 4.13. The maximum atomic E-state index is 14.3. The third-order valence-electron chi connectivity index (χ3n) is 5.68. The molecule has 0 bridgehead atoms. The predicted molar refractivity (Wildman–Crippen MR) is 113 cm³/mol. The van der Waals surface area contributed by atoms with Crippen molar-refractivity contribution in [2.45, 2.75) is 18.3 Å². The van der Waals surface area contributed by atoms with Gasteiger partial charge in [0.15, 0.2) is 0 Å². The molecule has 2 heterocycles. The monoisotopic (exact) mass is 412 g/mol. The van der Waals surface area contributed by atoms with E-state index in [0.29, 0.717) is 17.8 Å². The van der Waals surface area contributed by atoms with Crippen molar-refractivity contribution in [3.8, 4) is 0 Å². The number of piperidine rings is 1. The first kappa shape index (κ1) is 21.5. The summed E-state index contributed by atoms with van der Waals surface area (Å²) in [6.07, 6.45) is 3.40. The number of para-hydroxylation sites is 2. The number of benzene rings is 2. The molecule has 1 fully saturated rings. The summed E-state index contributed by atoms with van der Waals surface area (Å²) < 4.78 is 14.3. The molecular formula is C23H25FN2O4. The molecule has 0 unspecified atom stereocenters. The van der Waals surface area contributed by atoms with Crippen molar-refractivity contribution < 1.29 is 24.2 Å². The molecular weight excluding hydrogens is 387 g/mol. The Morgan fingerprint density at radius 1 is 0.933 bits per heavy atom. The highest BCUT2D eigenvalue weighted by atomic mass is 19.1. The van der Waals surface area contributed by atoms with Crippen LogP contribution in [-0.2, 0) is 15.0 Å². The maximum absolute atomic E-state index is 14.3. The lowest BCUT2D eigenvalue weighted by molar-refractivity contribution is -0.134. The Balaban J connectivity index is 0.000000275. The third-order valence-corrected chi connectivity index (χ3v) is 5.68. The average Bonchev–Trinajstić information content (AvgIpc) is 3.04. The van der Waals surface area contributed by atoms with E-state index in [1.807, 2.05) is 12.1 Å². The number of halogens is 1. The quantitative estimate of drug-likeness (QED) is 0.749. The highest BCUT2D eigenvalue weighted by Crippen LogP contribution is 2.49. The Morgan fingerprint density at radius 2 is 1.47 bits per heavy atom. The summed E-state index contributed by atoms with van der Waals surface area (Å²) in [5.41, 5.74) is 3.44. The van der Waals surface area contributed by atoms with E-state index < -0.39 is 11.9 Å². The van der Waals surface area contributed by atoms with Crippen molar-refractivity contribution in [1.29, 1.82) is 0 Å². The van der Waals surface area contributed by atoms with Crippen LogP contribution in [0, 0.1) is 5.82 Å². The second-order valence-corrected chi connectivity index (χ2v) is 7.65. The van der Waals surface area contributed by atoms with Crippen LogP contribution < -0.4 is 4.90 Å². The number of carbonyl (C=O) groups is 2. The summed E-state index contributed by atoms with van der Waals surface area (Å²) in [5.74, 6) is -2.65. The average molecular weight is 412 g/mol. The van der Waals surface area contributed by atoms with Crippen LogP contribution in [0.15, 0.2) is 60.7 Å². The van der Waals surface area contributed by atoms with Crippen LogP contribution in [0.5, 0.6) is 0 Å². The van der Waals surface area contributed by atoms with Gasteiger partial charge in [-0.1, -0.05) is 30.3 Å². The number of hydrogen-bond acceptors (Lipinski definition) is 4. The number of carboxylic acids is 2. The number of fused-ring (bicyclic) bond motifs is 2. The van der Waals surface area contributed by atoms with Gasteiger partial charge in [-0.25, -0.2) is 14.0 Å². The Morgan fingerprint density at radius 3 is 2.03 bits per heavy atom. The Hall–Kier alpha value is -3.19. The van der Waals surface area contributed by atoms with Gasteiger partial charge in [0.05, 0.1) is 5.69 Å². The molecule has 0 aromatic heterocycles. The summed E-state index contributed by atoms with van der Waals surface area (Å²) in [5, 5.41) is 15.6. The molecule has 2 aromatic carbocycles. The van der Waals surface area contributed by atoms with Crippen molar-refractivity contribution in [3.63, 3.8) is 0 Å². The first-order chi connectivity index (χ1) is 14.3. The van der Waals surface area contributed by atoms with E-state index in [-0.39, 0.29) is 11.2 Å². The number of hydrogen-bond donors (Lipinski definition) is 2. The van der Waals surface area contributed by atoms with E-state index in [1.165, 1.54) is 11.3 Å². The predicted octanol–water partition coefficient (Wildman–Crippen LogP) is 3.65. The van der Waals surface area contributed by atoms with Crippen LogP contribution in [0.1, 0.15) is 18.4 Å². The van der Waals surface area contributed by atoms with Crippen molar-refractivity contribution in [3.05, 3.63) is 72.1 Å². The van der Waals surface area contributed by atoms with Gasteiger partial charge in [0.25, 0.3) is 0 Å². The minimum atomic E-state index is -1.26. The third kappa shape index (κ3) is 4.68. The second kappa shape index (κ2) is 9.09. The lowest BCUT2D eigenvalue weighted by atomic mass is 9.74. The van der Waals surface area contributed by atoms with Gasteiger partial charge in [0, 0.05) is 29.8 Å². The standard InChI is InChI=1S/C19H21FN2.C4H4O4/c1-21-12-10-19(11-13-21)14-22(17-8-4-2-6-15(17)19)18-9-5-3-7-16(18)20;5-3(6)1-2-4(7)8/h2-9H,10-14H2,1H3;1-2H,(H,5,6)(H,7,8). The fraction of sp³-hybridized carbons (Fsp3) is 0.304. The van der Waals surface area contributed by atoms with E-state index in [2.05, 4.69) is 41.1 Å². The van der Waals surface area contributed by atoms with Crippen LogP contribution in [0.25, 0.3) is 0 Å². The van der Waals surface area contributed by atoms with Gasteiger partial charge < -0.3 is 20.0 Å². The minimum Gasteiger partial charge on any atom is -0.478 e. The Kier molecular flexibility index (Phi) is 6.52. The fourth-order valence-electron chi connectivity index (χ4n) is 4.13. The normalized spacial score (nSPS) is 17.5. The highest BCUT2D eigenvalue weighted by Gasteiger charge is 2.44. The number of likely N-dealkylation sites (tertiary alicyclic amines) is 1. The first-order valence-corrected chi connectivity index (χ1v) is 9.76. The van der Waals surface area contributed by atoms with E-state index >= 15 is 0 Å². The molecule has 2 N–H and O–H groups in total. The molecule has 0 radical (unpaired) electrons. The topological polar surface area (TPSA) is 81.1 Å². The smallest absolute Gasteiger partial charge is 0.328 e. The van der Waals surface area contributed by atoms with Gasteiger partial charge in [-0.05, 0) is 56.7 Å². The number of nitrogens with zero attached hydrogens (tertiary/aromatic N) is 2. The molecule has 2 aliphatic heterocycles. The van der Waals surface area contributed by atoms with Crippen LogP contribution in [0.2, 0.25) is 0 Å². The van der Waals surface area contributed by atoms with E-state index in [0.717, 1.165) is 32.5 Å². The number of aliphatic carboxylic acids is 2. The van der Waals surface area contributed by atoms with Crippen molar-refractivity contribution >= 4 is 23.3 Å². The first-order valence-electron chi connectivity index (χ1n) is 9.76. The van der Waals surface area contributed by atoms with Crippen LogP contribution in [0.4, 0.5) is 15.8 Å². The van der Waals surface area contributed by atoms with Crippen molar-refractivity contribution in [2.75, 3.05) is 31.6 Å². The van der Waals surface area contributed by atoms with E-state index in [9.17, 15) is 14.0 Å². The molecule has 7 heteroatoms. The summed E-state index contributed by atoms with van der Waals surface area (Å²) in [7, 11) is 2.18. The molecule has 1 saturated heterocycles. The van der Waals surface area contributed by atoms with Crippen LogP contribution in [0.3, 0.4) is 0 Å². The van der Waals surface area contributed by atoms with Gasteiger partial charge >= 0.3 is 11.9 Å². The van der Waals surface area contributed by atoms with Crippen molar-refractivity contribution in [1.82, 2.24) is 4.90 Å². The zero-order chi connectivity index (χ0) is 21.7. The molecule has 0 saturated carbocycles. The molecule has 2 aromatic rings. The summed E-state index contributed by atoms with van der Waals surface area (Å²) >= 11 is 0. The number of rotatable bonds is 3. The van der Waals surface area contributed by atoms with Gasteiger partial charge in [0.1, 0.15) is 5.82 Å². The van der Waals surface area contributed by atoms with Gasteiger partial charge in [-0.2, -0.15) is 0 Å². The lowest BCUT2D eigenvalue weighted by Gasteiger charge is -2.38. The molecule has 4 rings (SSSR count). The Labute approximate surface area is 174 Å². The number of anilines is 2. The van der Waals surface area contributed by atoms with Gasteiger partial charge in [-0.15, -0.1) is 0 Å². The SMILES string of the molecule is CN1CCC2(CC1)CN(c1ccccc1F)c1ccccc12.O=C(O)C=CC(=O)O. The molecule has 0 atom stereocenters. The molecule has 6 nitrogen and oxygen atoms in total. The van der Waals surface area contributed by atoms with Gasteiger partial charge in [0.2, 0.25) is 0 Å².